The maximum absolute atomic E-state index is 4.20. The van der Waals surface area contributed by atoms with E-state index in [0.717, 1.165) is 17.8 Å². The highest BCUT2D eigenvalue weighted by Crippen LogP contribution is 2.43. The van der Waals surface area contributed by atoms with Crippen LogP contribution >= 0.6 is 0 Å². The van der Waals surface area contributed by atoms with Crippen LogP contribution in [0.4, 0.5) is 0 Å². The van der Waals surface area contributed by atoms with E-state index in [1.54, 1.807) is 0 Å². The molecule has 3 heteroatoms. The number of hydrogen-bond donors (Lipinski definition) is 1. The molecule has 102 valence electrons. The van der Waals surface area contributed by atoms with Crippen LogP contribution in [-0.4, -0.2) is 22.1 Å². The largest absolute Gasteiger partial charge is 0.333 e. The van der Waals surface area contributed by atoms with Gasteiger partial charge >= 0.3 is 0 Å². The molecule has 1 aromatic heterocycles. The Bertz CT molecular complexity index is 451. The van der Waals surface area contributed by atoms with Crippen molar-refractivity contribution in [3.05, 3.63) is 30.9 Å². The van der Waals surface area contributed by atoms with E-state index < -0.39 is 0 Å². The van der Waals surface area contributed by atoms with Crippen LogP contribution < -0.4 is 5.32 Å². The van der Waals surface area contributed by atoms with Crippen LogP contribution in [0.3, 0.4) is 0 Å². The third-order valence-corrected chi connectivity index (χ3v) is 5.45. The van der Waals surface area contributed by atoms with E-state index >= 15 is 0 Å². The van der Waals surface area contributed by atoms with Crippen molar-refractivity contribution < 1.29 is 0 Å². The van der Waals surface area contributed by atoms with Crippen LogP contribution in [-0.2, 0) is 0 Å². The maximum Gasteiger partial charge on any atom is 0.0949 e. The Balaban J connectivity index is 1.36. The molecule has 1 aromatic rings. The maximum atomic E-state index is 4.20. The van der Waals surface area contributed by atoms with Crippen molar-refractivity contribution in [1.29, 1.82) is 0 Å². The second-order valence-corrected chi connectivity index (χ2v) is 6.56. The molecule has 3 aliphatic carbocycles. The normalized spacial score (nSPS) is 40.3. The molecular weight excluding hydrogens is 234 g/mol. The van der Waals surface area contributed by atoms with Crippen molar-refractivity contribution in [3.63, 3.8) is 0 Å². The highest BCUT2D eigenvalue weighted by Gasteiger charge is 2.36. The van der Waals surface area contributed by atoms with E-state index in [2.05, 4.69) is 33.2 Å². The molecule has 2 saturated carbocycles. The highest BCUT2D eigenvalue weighted by molar-refractivity contribution is 5.10. The number of nitrogens with one attached hydrogen (secondary N) is 1. The smallest absolute Gasteiger partial charge is 0.0949 e. The fraction of sp³-hybridized carbons (Fsp3) is 0.688. The molecule has 1 N–H and O–H groups in total. The van der Waals surface area contributed by atoms with Gasteiger partial charge in [0.15, 0.2) is 0 Å². The second-order valence-electron chi connectivity index (χ2n) is 6.56. The molecule has 5 unspecified atom stereocenters. The molecule has 0 saturated heterocycles. The zero-order chi connectivity index (χ0) is 12.7. The summed E-state index contributed by atoms with van der Waals surface area (Å²) < 4.78 is 2.30. The van der Waals surface area contributed by atoms with Crippen molar-refractivity contribution >= 4 is 0 Å². The van der Waals surface area contributed by atoms with E-state index in [0.29, 0.717) is 12.1 Å². The number of rotatable bonds is 4. The van der Waals surface area contributed by atoms with Gasteiger partial charge in [0.2, 0.25) is 0 Å². The van der Waals surface area contributed by atoms with Gasteiger partial charge in [0.1, 0.15) is 0 Å². The molecule has 2 fully saturated rings. The van der Waals surface area contributed by atoms with Gasteiger partial charge in [-0.3, -0.25) is 0 Å². The minimum absolute atomic E-state index is 0.622. The average molecular weight is 257 g/mol. The topological polar surface area (TPSA) is 29.9 Å². The lowest BCUT2D eigenvalue weighted by Crippen LogP contribution is -2.37. The lowest BCUT2D eigenvalue weighted by Gasteiger charge is -2.26. The lowest BCUT2D eigenvalue weighted by molar-refractivity contribution is 0.338. The second kappa shape index (κ2) is 4.78. The van der Waals surface area contributed by atoms with Crippen LogP contribution in [0.1, 0.15) is 38.1 Å². The molecule has 1 heterocycles. The van der Waals surface area contributed by atoms with Crippen molar-refractivity contribution in [1.82, 2.24) is 14.9 Å². The number of allylic oxidation sites excluding steroid dienone is 2. The molecule has 3 nitrogen and oxygen atoms in total. The Morgan fingerprint density at radius 3 is 2.95 bits per heavy atom. The molecule has 5 atom stereocenters. The molecule has 0 aliphatic heterocycles. The fourth-order valence-corrected chi connectivity index (χ4v) is 4.43. The number of aromatic nitrogens is 2. The molecule has 0 amide bonds. The molecule has 0 spiro atoms. The Morgan fingerprint density at radius 1 is 1.21 bits per heavy atom. The standard InChI is InChI=1S/C16H23N3/c1-2-15(16(3-1)19-7-6-17-11-19)18-10-14-9-12-4-5-13(14)8-12/h4-7,11-16,18H,1-3,8-10H2. The average Bonchev–Trinajstić information content (AvgIpc) is 3.18. The Morgan fingerprint density at radius 2 is 2.21 bits per heavy atom. The quantitative estimate of drug-likeness (QED) is 0.841. The number of fused-ring (bicyclic) bond motifs is 2. The first-order valence-electron chi connectivity index (χ1n) is 7.79. The van der Waals surface area contributed by atoms with Crippen LogP contribution in [0.25, 0.3) is 0 Å². The zero-order valence-electron chi connectivity index (χ0n) is 11.4. The first kappa shape index (κ1) is 11.7. The number of hydrogen-bond acceptors (Lipinski definition) is 2. The Hall–Kier alpha value is -1.09. The first-order chi connectivity index (χ1) is 9.40. The number of imidazole rings is 1. The zero-order valence-corrected chi connectivity index (χ0v) is 11.4. The van der Waals surface area contributed by atoms with E-state index in [4.69, 9.17) is 0 Å². The van der Waals surface area contributed by atoms with Gasteiger partial charge in [-0.15, -0.1) is 0 Å². The summed E-state index contributed by atoms with van der Waals surface area (Å²) in [5.74, 6) is 2.65. The van der Waals surface area contributed by atoms with E-state index in [1.807, 2.05) is 12.5 Å². The molecule has 19 heavy (non-hydrogen) atoms. The Kier molecular flexibility index (Phi) is 2.95. The lowest BCUT2D eigenvalue weighted by atomic mass is 9.93. The van der Waals surface area contributed by atoms with Gasteiger partial charge in [0.05, 0.1) is 6.33 Å². The monoisotopic (exact) mass is 257 g/mol. The summed E-state index contributed by atoms with van der Waals surface area (Å²) >= 11 is 0. The van der Waals surface area contributed by atoms with Crippen LogP contribution in [0.2, 0.25) is 0 Å². The van der Waals surface area contributed by atoms with Crippen LogP contribution in [0.5, 0.6) is 0 Å². The van der Waals surface area contributed by atoms with Crippen LogP contribution in [0, 0.1) is 17.8 Å². The Labute approximate surface area is 115 Å². The summed E-state index contributed by atoms with van der Waals surface area (Å²) in [5.41, 5.74) is 0. The number of nitrogens with zero attached hydrogens (tertiary/aromatic N) is 2. The summed E-state index contributed by atoms with van der Waals surface area (Å²) in [7, 11) is 0. The van der Waals surface area contributed by atoms with Gasteiger partial charge in [0.25, 0.3) is 0 Å². The summed E-state index contributed by atoms with van der Waals surface area (Å²) in [6, 6.07) is 1.27. The van der Waals surface area contributed by atoms with E-state index in [-0.39, 0.29) is 0 Å². The molecule has 0 radical (unpaired) electrons. The third-order valence-electron chi connectivity index (χ3n) is 5.45. The van der Waals surface area contributed by atoms with Gasteiger partial charge in [-0.1, -0.05) is 12.2 Å². The molecule has 3 aliphatic rings. The van der Waals surface area contributed by atoms with Gasteiger partial charge in [0, 0.05) is 24.5 Å². The van der Waals surface area contributed by atoms with Crippen molar-refractivity contribution in [2.45, 2.75) is 44.2 Å². The summed E-state index contributed by atoms with van der Waals surface area (Å²) in [5, 5.41) is 3.86. The van der Waals surface area contributed by atoms with Gasteiger partial charge in [-0.05, 0) is 56.4 Å². The summed E-state index contributed by atoms with van der Waals surface area (Å²) in [4.78, 5) is 4.20. The minimum Gasteiger partial charge on any atom is -0.333 e. The SMILES string of the molecule is C1=CC2CC1CC2CNC1CCCC1n1ccnc1. The minimum atomic E-state index is 0.622. The molecule has 0 aromatic carbocycles. The first-order valence-corrected chi connectivity index (χ1v) is 7.79. The van der Waals surface area contributed by atoms with E-state index in [9.17, 15) is 0 Å². The summed E-state index contributed by atoms with van der Waals surface area (Å²) in [6.07, 6.45) is 17.7. The van der Waals surface area contributed by atoms with E-state index in [1.165, 1.54) is 38.6 Å². The molecule has 2 bridgehead atoms. The predicted molar refractivity (Wildman–Crippen MR) is 75.7 cm³/mol. The van der Waals surface area contributed by atoms with Gasteiger partial charge in [-0.2, -0.15) is 0 Å². The van der Waals surface area contributed by atoms with Gasteiger partial charge < -0.3 is 9.88 Å². The molecular formula is C16H23N3. The van der Waals surface area contributed by atoms with Gasteiger partial charge in [-0.25, -0.2) is 4.98 Å². The molecule has 4 rings (SSSR count). The highest BCUT2D eigenvalue weighted by atomic mass is 15.1. The fourth-order valence-electron chi connectivity index (χ4n) is 4.43. The van der Waals surface area contributed by atoms with Crippen molar-refractivity contribution in [2.75, 3.05) is 6.54 Å². The van der Waals surface area contributed by atoms with Crippen LogP contribution in [0.15, 0.2) is 30.9 Å². The third kappa shape index (κ3) is 2.14. The van der Waals surface area contributed by atoms with Crippen molar-refractivity contribution in [2.24, 2.45) is 17.8 Å². The van der Waals surface area contributed by atoms with Crippen molar-refractivity contribution in [3.8, 4) is 0 Å². The predicted octanol–water partition coefficient (Wildman–Crippen LogP) is 2.78. The summed E-state index contributed by atoms with van der Waals surface area (Å²) in [6.45, 7) is 1.21.